The van der Waals surface area contributed by atoms with Crippen LogP contribution in [-0.4, -0.2) is 0 Å². The van der Waals surface area contributed by atoms with Crippen LogP contribution in [0.15, 0.2) is 23.3 Å². The lowest BCUT2D eigenvalue weighted by molar-refractivity contribution is -0.0136. The molecule has 0 nitrogen and oxygen atoms in total. The molecule has 4 rings (SSSR count). The maximum absolute atomic E-state index is 2.69. The largest absolute Gasteiger partial charge is 0.0879 e. The van der Waals surface area contributed by atoms with Crippen molar-refractivity contribution >= 4 is 0 Å². The molecule has 5 atom stereocenters. The quantitative estimate of drug-likeness (QED) is 0.459. The molecule has 0 aliphatic heterocycles. The number of rotatable bonds is 0. The van der Waals surface area contributed by atoms with Crippen molar-refractivity contribution < 1.29 is 0 Å². The predicted octanol–water partition coefficient (Wildman–Crippen LogP) is 6.29. The van der Waals surface area contributed by atoms with E-state index in [1.54, 1.807) is 5.57 Å². The fourth-order valence-electron chi connectivity index (χ4n) is 7.02. The van der Waals surface area contributed by atoms with Crippen molar-refractivity contribution in [3.8, 4) is 0 Å². The number of allylic oxidation sites excluding steroid dienone is 4. The molecular formula is C21H32. The van der Waals surface area contributed by atoms with E-state index in [1.807, 2.05) is 5.57 Å². The van der Waals surface area contributed by atoms with Crippen molar-refractivity contribution in [3.05, 3.63) is 23.3 Å². The van der Waals surface area contributed by atoms with Gasteiger partial charge in [0.2, 0.25) is 0 Å². The third kappa shape index (κ3) is 1.80. The molecular weight excluding hydrogens is 252 g/mol. The van der Waals surface area contributed by atoms with E-state index in [2.05, 4.69) is 32.9 Å². The Balaban J connectivity index is 1.70. The number of hydrogen-bond acceptors (Lipinski definition) is 0. The summed E-state index contributed by atoms with van der Waals surface area (Å²) in [5, 5.41) is 0. The minimum Gasteiger partial charge on any atom is -0.0879 e. The molecule has 0 radical (unpaired) electrons. The lowest BCUT2D eigenvalue weighted by atomic mass is 9.48. The molecule has 0 bridgehead atoms. The molecule has 0 aromatic carbocycles. The van der Waals surface area contributed by atoms with Crippen LogP contribution in [0, 0.1) is 28.6 Å². The van der Waals surface area contributed by atoms with Gasteiger partial charge < -0.3 is 0 Å². The summed E-state index contributed by atoms with van der Waals surface area (Å²) in [6, 6.07) is 0. The lowest BCUT2D eigenvalue weighted by Gasteiger charge is -2.57. The van der Waals surface area contributed by atoms with Gasteiger partial charge in [0.25, 0.3) is 0 Å². The first-order valence-electron chi connectivity index (χ1n) is 9.45. The highest BCUT2D eigenvalue weighted by Gasteiger charge is 2.56. The Bertz CT molecular complexity index is 496. The third-order valence-corrected chi connectivity index (χ3v) is 8.21. The van der Waals surface area contributed by atoms with Crippen LogP contribution < -0.4 is 0 Å². The second-order valence-electron chi connectivity index (χ2n) is 8.78. The maximum atomic E-state index is 2.69. The summed E-state index contributed by atoms with van der Waals surface area (Å²) in [5.41, 5.74) is 4.75. The molecule has 0 spiro atoms. The van der Waals surface area contributed by atoms with Crippen molar-refractivity contribution in [2.24, 2.45) is 28.6 Å². The first kappa shape index (κ1) is 14.1. The van der Waals surface area contributed by atoms with Crippen LogP contribution in [0.5, 0.6) is 0 Å². The van der Waals surface area contributed by atoms with E-state index in [1.165, 1.54) is 57.8 Å². The van der Waals surface area contributed by atoms with Crippen LogP contribution in [0.25, 0.3) is 0 Å². The van der Waals surface area contributed by atoms with Crippen molar-refractivity contribution in [1.29, 1.82) is 0 Å². The number of fused-ring (bicyclic) bond motifs is 5. The Morgan fingerprint density at radius 1 is 1.00 bits per heavy atom. The molecule has 4 aliphatic carbocycles. The average molecular weight is 284 g/mol. The number of hydrogen-bond donors (Lipinski definition) is 0. The Kier molecular flexibility index (Phi) is 3.18. The highest BCUT2D eigenvalue weighted by Crippen LogP contribution is 2.65. The first-order valence-corrected chi connectivity index (χ1v) is 9.45. The zero-order valence-corrected chi connectivity index (χ0v) is 14.3. The maximum Gasteiger partial charge on any atom is -0.00852 e. The smallest absolute Gasteiger partial charge is 0.00852 e. The molecule has 0 aromatic heterocycles. The minimum absolute atomic E-state index is 0.548. The summed E-state index contributed by atoms with van der Waals surface area (Å²) in [6.45, 7) is 7.50. The van der Waals surface area contributed by atoms with Gasteiger partial charge in [-0.25, -0.2) is 0 Å². The Morgan fingerprint density at radius 2 is 1.81 bits per heavy atom. The Hall–Kier alpha value is -0.520. The molecule has 3 fully saturated rings. The normalized spacial score (nSPS) is 51.1. The zero-order chi connectivity index (χ0) is 14.7. The second kappa shape index (κ2) is 4.74. The fourth-order valence-corrected chi connectivity index (χ4v) is 7.02. The molecule has 0 saturated heterocycles. The van der Waals surface area contributed by atoms with Gasteiger partial charge in [0.1, 0.15) is 0 Å². The highest BCUT2D eigenvalue weighted by molar-refractivity contribution is 5.28. The van der Waals surface area contributed by atoms with Crippen LogP contribution in [0.4, 0.5) is 0 Å². The van der Waals surface area contributed by atoms with Gasteiger partial charge in [0.15, 0.2) is 0 Å². The topological polar surface area (TPSA) is 0 Å². The van der Waals surface area contributed by atoms with E-state index < -0.39 is 0 Å². The van der Waals surface area contributed by atoms with E-state index in [-0.39, 0.29) is 0 Å². The summed E-state index contributed by atoms with van der Waals surface area (Å²) in [4.78, 5) is 0. The van der Waals surface area contributed by atoms with Gasteiger partial charge in [-0.15, -0.1) is 0 Å². The van der Waals surface area contributed by atoms with E-state index in [0.717, 1.165) is 17.8 Å². The summed E-state index contributed by atoms with van der Waals surface area (Å²) in [7, 11) is 0. The lowest BCUT2D eigenvalue weighted by Crippen LogP contribution is -2.48. The summed E-state index contributed by atoms with van der Waals surface area (Å²) >= 11 is 0. The van der Waals surface area contributed by atoms with E-state index >= 15 is 0 Å². The van der Waals surface area contributed by atoms with E-state index in [4.69, 9.17) is 0 Å². The van der Waals surface area contributed by atoms with Gasteiger partial charge in [-0.2, -0.15) is 0 Å². The molecule has 0 amide bonds. The monoisotopic (exact) mass is 284 g/mol. The highest BCUT2D eigenvalue weighted by atomic mass is 14.6. The van der Waals surface area contributed by atoms with Gasteiger partial charge in [0, 0.05) is 0 Å². The van der Waals surface area contributed by atoms with Crippen molar-refractivity contribution in [3.63, 3.8) is 0 Å². The van der Waals surface area contributed by atoms with Crippen molar-refractivity contribution in [2.75, 3.05) is 0 Å². The first-order chi connectivity index (χ1) is 10.1. The third-order valence-electron chi connectivity index (χ3n) is 8.21. The molecule has 0 unspecified atom stereocenters. The van der Waals surface area contributed by atoms with Gasteiger partial charge >= 0.3 is 0 Å². The summed E-state index contributed by atoms with van der Waals surface area (Å²) in [6.07, 6.45) is 18.1. The molecule has 0 N–H and O–H groups in total. The molecule has 0 heterocycles. The average Bonchev–Trinajstić information content (AvgIpc) is 2.83. The van der Waals surface area contributed by atoms with Crippen molar-refractivity contribution in [1.82, 2.24) is 0 Å². The molecule has 0 heteroatoms. The Morgan fingerprint density at radius 3 is 2.62 bits per heavy atom. The van der Waals surface area contributed by atoms with Crippen LogP contribution >= 0.6 is 0 Å². The Labute approximate surface area is 131 Å². The van der Waals surface area contributed by atoms with E-state index in [9.17, 15) is 0 Å². The van der Waals surface area contributed by atoms with Gasteiger partial charge in [-0.05, 0) is 86.9 Å². The molecule has 21 heavy (non-hydrogen) atoms. The van der Waals surface area contributed by atoms with Crippen LogP contribution in [0.2, 0.25) is 0 Å². The molecule has 3 saturated carbocycles. The van der Waals surface area contributed by atoms with Gasteiger partial charge in [0.05, 0.1) is 0 Å². The zero-order valence-electron chi connectivity index (χ0n) is 14.3. The van der Waals surface area contributed by atoms with Gasteiger partial charge in [-0.3, -0.25) is 0 Å². The van der Waals surface area contributed by atoms with Crippen LogP contribution in [-0.2, 0) is 0 Å². The molecule has 0 aromatic rings. The van der Waals surface area contributed by atoms with Gasteiger partial charge in [-0.1, -0.05) is 43.6 Å². The van der Waals surface area contributed by atoms with E-state index in [0.29, 0.717) is 10.8 Å². The minimum atomic E-state index is 0.548. The van der Waals surface area contributed by atoms with Crippen LogP contribution in [0.3, 0.4) is 0 Å². The SMILES string of the molecule is C/C=C1/CC[C@H]2[C@@H]3CC=C4CCCC[C@]4(C)[C@H]3CC[C@]12C. The summed E-state index contributed by atoms with van der Waals surface area (Å²) < 4.78 is 0. The molecule has 4 aliphatic rings. The molecule has 116 valence electrons. The predicted molar refractivity (Wildman–Crippen MR) is 90.1 cm³/mol. The van der Waals surface area contributed by atoms with Crippen LogP contribution in [0.1, 0.15) is 78.6 Å². The summed E-state index contributed by atoms with van der Waals surface area (Å²) in [5.74, 6) is 2.94. The second-order valence-corrected chi connectivity index (χ2v) is 8.78. The fraction of sp³-hybridized carbons (Fsp3) is 0.810. The standard InChI is InChI=1S/C21H32/c1-4-15-9-11-18-17-10-8-16-7-5-6-13-20(16,2)19(17)12-14-21(15,18)3/h4,8,17-19H,5-7,9-14H2,1-3H3/b15-4-/t17-,18-,19-,20-,21+/m0/s1. The van der Waals surface area contributed by atoms with Crippen molar-refractivity contribution in [2.45, 2.75) is 78.6 Å².